The van der Waals surface area contributed by atoms with Crippen molar-refractivity contribution < 1.29 is 26.5 Å². The lowest BCUT2D eigenvalue weighted by molar-refractivity contribution is -0.152. The second-order valence-corrected chi connectivity index (χ2v) is 11.9. The number of aromatic nitrogens is 1. The van der Waals surface area contributed by atoms with Crippen LogP contribution in [0.4, 0.5) is 17.6 Å². The van der Waals surface area contributed by atoms with Gasteiger partial charge in [0.2, 0.25) is 0 Å². The fraction of sp³-hybridized carbons (Fsp3) is 0.600. The first-order valence-corrected chi connectivity index (χ1v) is 11.2. The molecule has 170 valence electrons. The maximum absolute atomic E-state index is 14.3. The largest absolute Gasteiger partial charge is 0.408 e. The predicted molar refractivity (Wildman–Crippen MR) is 115 cm³/mol. The number of rotatable bonds is 7. The molecule has 0 aliphatic carbocycles. The molecule has 1 aromatic carbocycles. The first kappa shape index (κ1) is 25.3. The van der Waals surface area contributed by atoms with Crippen molar-refractivity contribution in [1.29, 1.82) is 0 Å². The molecule has 0 fully saturated rings. The quantitative estimate of drug-likeness (QED) is 0.469. The third-order valence-corrected chi connectivity index (χ3v) is 6.68. The zero-order chi connectivity index (χ0) is 23.1. The van der Waals surface area contributed by atoms with E-state index in [0.29, 0.717) is 18.7 Å². The van der Waals surface area contributed by atoms with Crippen molar-refractivity contribution in [2.75, 3.05) is 13.7 Å². The molecule has 0 radical (unpaired) electrons. The summed E-state index contributed by atoms with van der Waals surface area (Å²) in [5.41, 5.74) is -0.108. The van der Waals surface area contributed by atoms with E-state index in [2.05, 4.69) is 20.7 Å². The lowest BCUT2D eigenvalue weighted by Gasteiger charge is -2.26. The average molecular weight is 515 g/mol. The van der Waals surface area contributed by atoms with Crippen LogP contribution in [0.3, 0.4) is 0 Å². The van der Waals surface area contributed by atoms with Gasteiger partial charge < -0.3 is 9.30 Å². The van der Waals surface area contributed by atoms with E-state index in [0.717, 1.165) is 6.07 Å². The van der Waals surface area contributed by atoms with Crippen LogP contribution in [0, 0.1) is 11.2 Å². The fourth-order valence-electron chi connectivity index (χ4n) is 3.16. The Bertz CT molecular complexity index is 936. The molecular formula is C20H27BrF4N2O2S. The monoisotopic (exact) mass is 514 g/mol. The molecule has 1 aromatic heterocycles. The molecule has 0 unspecified atom stereocenters. The van der Waals surface area contributed by atoms with Gasteiger partial charge in [0.05, 0.1) is 26.8 Å². The Morgan fingerprint density at radius 1 is 1.20 bits per heavy atom. The Hall–Kier alpha value is -0.970. The van der Waals surface area contributed by atoms with Crippen LogP contribution in [0.2, 0.25) is 0 Å². The zero-order valence-electron chi connectivity index (χ0n) is 17.8. The molecule has 0 bridgehead atoms. The number of benzene rings is 1. The summed E-state index contributed by atoms with van der Waals surface area (Å²) in [6.07, 6.45) is -3.37. The highest BCUT2D eigenvalue weighted by molar-refractivity contribution is 9.10. The van der Waals surface area contributed by atoms with E-state index in [1.54, 1.807) is 32.4 Å². The van der Waals surface area contributed by atoms with Gasteiger partial charge in [-0.25, -0.2) is 13.3 Å². The van der Waals surface area contributed by atoms with Crippen molar-refractivity contribution in [3.63, 3.8) is 0 Å². The first-order chi connectivity index (χ1) is 13.6. The molecule has 1 N–H and O–H groups in total. The molecule has 2 aromatic rings. The van der Waals surface area contributed by atoms with Gasteiger partial charge in [0.15, 0.2) is 0 Å². The molecule has 0 amide bonds. The fourth-order valence-corrected chi connectivity index (χ4v) is 4.32. The van der Waals surface area contributed by atoms with Gasteiger partial charge in [0.1, 0.15) is 11.9 Å². The highest BCUT2D eigenvalue weighted by atomic mass is 79.9. The second-order valence-electron chi connectivity index (χ2n) is 9.07. The van der Waals surface area contributed by atoms with Gasteiger partial charge >= 0.3 is 6.18 Å². The normalized spacial score (nSPS) is 15.6. The van der Waals surface area contributed by atoms with Crippen molar-refractivity contribution in [2.45, 2.75) is 58.1 Å². The third kappa shape index (κ3) is 5.83. The minimum Gasteiger partial charge on any atom is -0.384 e. The van der Waals surface area contributed by atoms with Crippen molar-refractivity contribution >= 4 is 37.8 Å². The summed E-state index contributed by atoms with van der Waals surface area (Å²) in [6, 6.07) is 0.327. The van der Waals surface area contributed by atoms with Gasteiger partial charge in [-0.2, -0.15) is 13.2 Å². The third-order valence-electron chi connectivity index (χ3n) is 4.51. The number of fused-ring (bicyclic) bond motifs is 1. The molecule has 2 atom stereocenters. The Morgan fingerprint density at radius 3 is 2.30 bits per heavy atom. The minimum atomic E-state index is -4.73. The van der Waals surface area contributed by atoms with Crippen LogP contribution in [0.15, 0.2) is 22.8 Å². The Kier molecular flexibility index (Phi) is 7.48. The van der Waals surface area contributed by atoms with E-state index >= 15 is 0 Å². The predicted octanol–water partition coefficient (Wildman–Crippen LogP) is 5.87. The molecule has 2 rings (SSSR count). The summed E-state index contributed by atoms with van der Waals surface area (Å²) in [5, 5.41) is 0.115. The lowest BCUT2D eigenvalue weighted by atomic mass is 9.95. The van der Waals surface area contributed by atoms with E-state index in [9.17, 15) is 21.8 Å². The smallest absolute Gasteiger partial charge is 0.384 e. The molecule has 0 saturated heterocycles. The summed E-state index contributed by atoms with van der Waals surface area (Å²) in [7, 11) is -0.428. The first-order valence-electron chi connectivity index (χ1n) is 9.28. The molecule has 10 heteroatoms. The Balaban J connectivity index is 2.68. The number of halogens is 5. The van der Waals surface area contributed by atoms with E-state index < -0.39 is 33.8 Å². The second kappa shape index (κ2) is 8.88. The lowest BCUT2D eigenvalue weighted by Crippen LogP contribution is -2.41. The maximum Gasteiger partial charge on any atom is 0.408 e. The molecule has 1 heterocycles. The Morgan fingerprint density at radius 2 is 1.80 bits per heavy atom. The molecule has 0 aliphatic rings. The molecule has 0 aliphatic heterocycles. The molecule has 30 heavy (non-hydrogen) atoms. The van der Waals surface area contributed by atoms with Crippen molar-refractivity contribution in [1.82, 2.24) is 9.29 Å². The molecular weight excluding hydrogens is 488 g/mol. The van der Waals surface area contributed by atoms with Crippen LogP contribution < -0.4 is 4.72 Å². The van der Waals surface area contributed by atoms with E-state index in [-0.39, 0.29) is 20.8 Å². The SMILES string of the molecule is COCC(C)(C)Cn1cc([C@H](N[S@](=O)C(C)(C)C)C(F)(F)F)c2cc(F)c(Br)cc21. The summed E-state index contributed by atoms with van der Waals surface area (Å²) in [5.74, 6) is -0.671. The summed E-state index contributed by atoms with van der Waals surface area (Å²) >= 11 is 3.11. The highest BCUT2D eigenvalue weighted by Crippen LogP contribution is 2.40. The number of ether oxygens (including phenoxy) is 1. The van der Waals surface area contributed by atoms with Gasteiger partial charge in [-0.3, -0.25) is 0 Å². The number of nitrogens with one attached hydrogen (secondary N) is 1. The number of methoxy groups -OCH3 is 1. The number of hydrogen-bond donors (Lipinski definition) is 1. The standard InChI is InChI=1S/C20H27BrF4N2O2S/c1-18(2,3)30(28)26-17(20(23,24)25)13-9-27(10-19(4,5)11-29-6)16-8-14(21)15(22)7-12(13)16/h7-9,17,26H,10-11H2,1-6H3/t17-,30+/m0/s1. The van der Waals surface area contributed by atoms with Gasteiger partial charge in [-0.1, -0.05) is 13.8 Å². The van der Waals surface area contributed by atoms with Gasteiger partial charge in [0.25, 0.3) is 0 Å². The summed E-state index contributed by atoms with van der Waals surface area (Å²) in [4.78, 5) is 0. The van der Waals surface area contributed by atoms with E-state index in [1.807, 2.05) is 13.8 Å². The Labute approximate surface area is 185 Å². The van der Waals surface area contributed by atoms with E-state index in [1.165, 1.54) is 12.3 Å². The molecule has 4 nitrogen and oxygen atoms in total. The van der Waals surface area contributed by atoms with Crippen molar-refractivity contribution in [3.8, 4) is 0 Å². The van der Waals surface area contributed by atoms with E-state index in [4.69, 9.17) is 4.74 Å². The van der Waals surface area contributed by atoms with Gasteiger partial charge in [0, 0.05) is 41.7 Å². The minimum absolute atomic E-state index is 0.115. The summed E-state index contributed by atoms with van der Waals surface area (Å²) in [6.45, 7) is 9.33. The van der Waals surface area contributed by atoms with Crippen molar-refractivity contribution in [2.24, 2.45) is 5.41 Å². The van der Waals surface area contributed by atoms with Crippen LogP contribution >= 0.6 is 15.9 Å². The van der Waals surface area contributed by atoms with Crippen LogP contribution in [-0.4, -0.2) is 33.4 Å². The highest BCUT2D eigenvalue weighted by Gasteiger charge is 2.44. The number of hydrogen-bond acceptors (Lipinski definition) is 2. The van der Waals surface area contributed by atoms with Crippen LogP contribution in [-0.2, 0) is 22.3 Å². The average Bonchev–Trinajstić information content (AvgIpc) is 2.87. The van der Waals surface area contributed by atoms with Crippen LogP contribution in [0.5, 0.6) is 0 Å². The summed E-state index contributed by atoms with van der Waals surface area (Å²) < 4.78 is 77.1. The molecule has 0 spiro atoms. The van der Waals surface area contributed by atoms with Gasteiger partial charge in [-0.15, -0.1) is 0 Å². The number of nitrogens with zero attached hydrogens (tertiary/aromatic N) is 1. The topological polar surface area (TPSA) is 43.3 Å². The zero-order valence-corrected chi connectivity index (χ0v) is 20.2. The maximum atomic E-state index is 14.3. The number of alkyl halides is 3. The van der Waals surface area contributed by atoms with Crippen molar-refractivity contribution in [3.05, 3.63) is 34.2 Å². The van der Waals surface area contributed by atoms with Crippen LogP contribution in [0.1, 0.15) is 46.2 Å². The molecule has 0 saturated carbocycles. The van der Waals surface area contributed by atoms with Gasteiger partial charge in [-0.05, 0) is 48.8 Å². The van der Waals surface area contributed by atoms with Crippen LogP contribution in [0.25, 0.3) is 10.9 Å².